The van der Waals surface area contributed by atoms with E-state index in [-0.39, 0.29) is 17.9 Å². The summed E-state index contributed by atoms with van der Waals surface area (Å²) in [6.07, 6.45) is 4.89. The molecule has 0 fully saturated rings. The number of halogens is 1. The Kier molecular flexibility index (Phi) is 6.75. The predicted molar refractivity (Wildman–Crippen MR) is 133 cm³/mol. The Labute approximate surface area is 200 Å². The molecule has 0 bridgehead atoms. The average Bonchev–Trinajstić information content (AvgIpc) is 3.08. The van der Waals surface area contributed by atoms with Crippen LogP contribution in [0.25, 0.3) is 11.8 Å². The largest absolute Gasteiger partial charge is 0.308 e. The van der Waals surface area contributed by atoms with Crippen LogP contribution in [0.2, 0.25) is 0 Å². The monoisotopic (exact) mass is 482 g/mol. The molecule has 0 saturated heterocycles. The topological polar surface area (TPSA) is 76.0 Å². The zero-order valence-electron chi connectivity index (χ0n) is 20.2. The van der Waals surface area contributed by atoms with Gasteiger partial charge in [-0.2, -0.15) is 5.10 Å². The minimum atomic E-state index is -3.65. The van der Waals surface area contributed by atoms with E-state index in [1.165, 1.54) is 12.1 Å². The molecule has 1 aromatic heterocycles. The minimum absolute atomic E-state index is 0.00370. The van der Waals surface area contributed by atoms with Crippen molar-refractivity contribution in [1.29, 1.82) is 0 Å². The van der Waals surface area contributed by atoms with Gasteiger partial charge in [0.05, 0.1) is 22.0 Å². The van der Waals surface area contributed by atoms with Crippen LogP contribution in [0, 0.1) is 33.5 Å². The summed E-state index contributed by atoms with van der Waals surface area (Å²) in [6.45, 7) is 9.90. The van der Waals surface area contributed by atoms with Crippen LogP contribution in [0.4, 0.5) is 4.39 Å². The second kappa shape index (κ2) is 9.44. The Morgan fingerprint density at radius 2 is 1.76 bits per heavy atom. The van der Waals surface area contributed by atoms with Gasteiger partial charge in [-0.05, 0) is 82.5 Å². The zero-order chi connectivity index (χ0) is 24.6. The number of hydrogen-bond acceptors (Lipinski definition) is 4. The summed E-state index contributed by atoms with van der Waals surface area (Å²) in [4.78, 5) is 0.351. The number of benzene rings is 2. The summed E-state index contributed by atoms with van der Waals surface area (Å²) in [5.74, 6) is -0.288. The molecule has 0 amide bonds. The molecule has 0 radical (unpaired) electrons. The van der Waals surface area contributed by atoms with Crippen LogP contribution < -0.4 is 10.0 Å². The molecule has 1 aliphatic rings. The molecule has 8 heteroatoms. The molecule has 6 nitrogen and oxygen atoms in total. The highest BCUT2D eigenvalue weighted by Crippen LogP contribution is 2.32. The summed E-state index contributed by atoms with van der Waals surface area (Å²) in [6, 6.07) is 9.73. The van der Waals surface area contributed by atoms with Crippen molar-refractivity contribution in [3.63, 3.8) is 0 Å². The van der Waals surface area contributed by atoms with Crippen LogP contribution in [-0.2, 0) is 10.0 Å². The fourth-order valence-corrected chi connectivity index (χ4v) is 6.52. The standard InChI is InChI=1S/C26H31FN4O2S/c1-16-13-17(2)26(18(3)14-16)34(32,33)30-19(4)15-28-23-7-6-8-24-25(23)20(5)29-31(24)22-11-9-21(27)10-12-22/h6,8-14,19,23,28,30H,7,15H2,1-5H3/t19-,23?/m0/s1. The third kappa shape index (κ3) is 4.85. The predicted octanol–water partition coefficient (Wildman–Crippen LogP) is 4.66. The molecule has 0 aliphatic heterocycles. The molecule has 1 unspecified atom stereocenters. The van der Waals surface area contributed by atoms with Crippen molar-refractivity contribution in [2.45, 2.75) is 58.0 Å². The molecule has 34 heavy (non-hydrogen) atoms. The second-order valence-electron chi connectivity index (χ2n) is 9.12. The van der Waals surface area contributed by atoms with E-state index in [1.54, 1.807) is 12.1 Å². The van der Waals surface area contributed by atoms with E-state index in [9.17, 15) is 12.8 Å². The van der Waals surface area contributed by atoms with Gasteiger partial charge in [0.25, 0.3) is 0 Å². The Balaban J connectivity index is 1.49. The second-order valence-corrected chi connectivity index (χ2v) is 10.8. The number of fused-ring (bicyclic) bond motifs is 1. The van der Waals surface area contributed by atoms with Crippen molar-refractivity contribution in [3.8, 4) is 5.69 Å². The lowest BCUT2D eigenvalue weighted by Crippen LogP contribution is -2.41. The highest BCUT2D eigenvalue weighted by Gasteiger charge is 2.26. The van der Waals surface area contributed by atoms with Gasteiger partial charge >= 0.3 is 0 Å². The molecule has 2 atom stereocenters. The van der Waals surface area contributed by atoms with Crippen LogP contribution >= 0.6 is 0 Å². The maximum atomic E-state index is 13.4. The summed E-state index contributed by atoms with van der Waals surface area (Å²) >= 11 is 0. The smallest absolute Gasteiger partial charge is 0.241 e. The van der Waals surface area contributed by atoms with Crippen molar-refractivity contribution in [2.75, 3.05) is 6.54 Å². The quantitative estimate of drug-likeness (QED) is 0.514. The van der Waals surface area contributed by atoms with E-state index in [2.05, 4.69) is 21.2 Å². The van der Waals surface area contributed by atoms with Crippen molar-refractivity contribution in [1.82, 2.24) is 19.8 Å². The van der Waals surface area contributed by atoms with Crippen molar-refractivity contribution >= 4 is 16.1 Å². The highest BCUT2D eigenvalue weighted by atomic mass is 32.2. The molecule has 0 spiro atoms. The lowest BCUT2D eigenvalue weighted by Gasteiger charge is -2.24. The van der Waals surface area contributed by atoms with Gasteiger partial charge in [0.1, 0.15) is 5.82 Å². The van der Waals surface area contributed by atoms with E-state index < -0.39 is 10.0 Å². The third-order valence-corrected chi connectivity index (χ3v) is 8.01. The normalized spacial score (nSPS) is 16.5. The van der Waals surface area contributed by atoms with Crippen LogP contribution in [0.3, 0.4) is 0 Å². The first-order chi connectivity index (χ1) is 16.1. The number of aryl methyl sites for hydroxylation is 4. The number of aromatic nitrogens is 2. The number of sulfonamides is 1. The van der Waals surface area contributed by atoms with Gasteiger partial charge < -0.3 is 5.32 Å². The van der Waals surface area contributed by atoms with Gasteiger partial charge in [0.2, 0.25) is 10.0 Å². The molecule has 1 heterocycles. The van der Waals surface area contributed by atoms with E-state index >= 15 is 0 Å². The summed E-state index contributed by atoms with van der Waals surface area (Å²) in [7, 11) is -3.65. The molecular formula is C26H31FN4O2S. The van der Waals surface area contributed by atoms with E-state index in [1.807, 2.05) is 57.5 Å². The van der Waals surface area contributed by atoms with Gasteiger partial charge in [0.15, 0.2) is 0 Å². The van der Waals surface area contributed by atoms with E-state index in [0.717, 1.165) is 45.7 Å². The molecule has 0 saturated carbocycles. The number of hydrogen-bond donors (Lipinski definition) is 2. The van der Waals surface area contributed by atoms with Gasteiger partial charge in [-0.25, -0.2) is 22.2 Å². The van der Waals surface area contributed by atoms with E-state index in [4.69, 9.17) is 0 Å². The molecule has 2 N–H and O–H groups in total. The average molecular weight is 483 g/mol. The molecule has 3 aromatic rings. The summed E-state index contributed by atoms with van der Waals surface area (Å²) < 4.78 is 44.2. The fraction of sp³-hybridized carbons (Fsp3) is 0.346. The Hall–Kier alpha value is -2.81. The summed E-state index contributed by atoms with van der Waals surface area (Å²) in [5.41, 5.74) is 6.24. The molecular weight excluding hydrogens is 451 g/mol. The third-order valence-electron chi connectivity index (χ3n) is 6.11. The number of nitrogens with one attached hydrogen (secondary N) is 2. The van der Waals surface area contributed by atoms with Gasteiger partial charge in [-0.3, -0.25) is 0 Å². The maximum Gasteiger partial charge on any atom is 0.241 e. The van der Waals surface area contributed by atoms with E-state index in [0.29, 0.717) is 11.4 Å². The molecule has 2 aromatic carbocycles. The van der Waals surface area contributed by atoms with Crippen LogP contribution in [0.15, 0.2) is 47.4 Å². The summed E-state index contributed by atoms with van der Waals surface area (Å²) in [5, 5.41) is 8.20. The van der Waals surface area contributed by atoms with Crippen molar-refractivity contribution in [2.24, 2.45) is 0 Å². The minimum Gasteiger partial charge on any atom is -0.308 e. The van der Waals surface area contributed by atoms with Crippen molar-refractivity contribution in [3.05, 3.63) is 81.9 Å². The van der Waals surface area contributed by atoms with Gasteiger partial charge in [0, 0.05) is 24.2 Å². The van der Waals surface area contributed by atoms with Gasteiger partial charge in [-0.1, -0.05) is 23.8 Å². The van der Waals surface area contributed by atoms with Crippen LogP contribution in [0.5, 0.6) is 0 Å². The lowest BCUT2D eigenvalue weighted by molar-refractivity contribution is 0.481. The SMILES string of the molecule is Cc1cc(C)c(S(=O)(=O)N[C@@H](C)CNC2CC=Cc3c2c(C)nn3-c2ccc(F)cc2)c(C)c1. The highest BCUT2D eigenvalue weighted by molar-refractivity contribution is 7.89. The first kappa shape index (κ1) is 24.3. The molecule has 4 rings (SSSR count). The molecule has 1 aliphatic carbocycles. The number of nitrogens with zero attached hydrogens (tertiary/aromatic N) is 2. The molecule has 180 valence electrons. The first-order valence-electron chi connectivity index (χ1n) is 11.4. The Morgan fingerprint density at radius 1 is 1.12 bits per heavy atom. The van der Waals surface area contributed by atoms with Crippen LogP contribution in [-0.4, -0.2) is 30.8 Å². The Morgan fingerprint density at radius 3 is 2.41 bits per heavy atom. The van der Waals surface area contributed by atoms with Crippen LogP contribution in [0.1, 0.15) is 53.0 Å². The first-order valence-corrected chi connectivity index (χ1v) is 12.9. The zero-order valence-corrected chi connectivity index (χ0v) is 21.0. The van der Waals surface area contributed by atoms with Crippen molar-refractivity contribution < 1.29 is 12.8 Å². The fourth-order valence-electron chi connectivity index (χ4n) is 4.82. The number of rotatable bonds is 7. The Bertz CT molecular complexity index is 1320. The maximum absolute atomic E-state index is 13.4. The van der Waals surface area contributed by atoms with Gasteiger partial charge in [-0.15, -0.1) is 0 Å². The lowest BCUT2D eigenvalue weighted by atomic mass is 9.96.